The van der Waals surface area contributed by atoms with Crippen LogP contribution in [0.4, 0.5) is 0 Å². The largest absolute Gasteiger partial charge is 0.331 e. The Hall–Kier alpha value is -1.52. The third-order valence-corrected chi connectivity index (χ3v) is 2.88. The molecule has 4 heteroatoms. The number of unbranched alkanes of at least 4 members (excludes halogenated alkanes) is 1. The van der Waals surface area contributed by atoms with Crippen LogP contribution in [-0.4, -0.2) is 4.98 Å². The summed E-state index contributed by atoms with van der Waals surface area (Å²) in [4.78, 5) is 5.24. The summed E-state index contributed by atoms with van der Waals surface area (Å²) >= 11 is 4.25. The van der Waals surface area contributed by atoms with Crippen molar-refractivity contribution >= 4 is 18.2 Å². The van der Waals surface area contributed by atoms with E-state index in [1.54, 1.807) is 12.4 Å². The molecule has 0 aliphatic rings. The van der Waals surface area contributed by atoms with Crippen LogP contribution >= 0.6 is 12.6 Å². The molecule has 0 amide bonds. The van der Waals surface area contributed by atoms with Crippen molar-refractivity contribution < 1.29 is 0 Å². The van der Waals surface area contributed by atoms with Gasteiger partial charge in [-0.3, -0.25) is 10.8 Å². The minimum atomic E-state index is 0.850. The van der Waals surface area contributed by atoms with Crippen molar-refractivity contribution in [3.63, 3.8) is 0 Å². The molecule has 19 heavy (non-hydrogen) atoms. The van der Waals surface area contributed by atoms with Crippen molar-refractivity contribution in [2.75, 3.05) is 0 Å². The molecule has 1 aromatic heterocycles. The second-order valence-corrected chi connectivity index (χ2v) is 4.71. The van der Waals surface area contributed by atoms with Crippen molar-refractivity contribution in [2.24, 2.45) is 5.84 Å². The van der Waals surface area contributed by atoms with Gasteiger partial charge in [-0.05, 0) is 37.1 Å². The highest BCUT2D eigenvalue weighted by Crippen LogP contribution is 2.20. The number of nitrogens with zero attached hydrogens (tertiary/aromatic N) is 1. The minimum absolute atomic E-state index is 0.850. The molecule has 102 valence electrons. The molecule has 0 fully saturated rings. The third-order valence-electron chi connectivity index (χ3n) is 2.62. The van der Waals surface area contributed by atoms with Crippen LogP contribution in [0.1, 0.15) is 32.4 Å². The summed E-state index contributed by atoms with van der Waals surface area (Å²) in [5.41, 5.74) is 5.62. The van der Waals surface area contributed by atoms with Crippen molar-refractivity contribution in [3.8, 4) is 0 Å². The number of allylic oxidation sites excluding steroid dienone is 5. The van der Waals surface area contributed by atoms with Crippen LogP contribution < -0.4 is 11.3 Å². The van der Waals surface area contributed by atoms with E-state index in [2.05, 4.69) is 49.0 Å². The van der Waals surface area contributed by atoms with E-state index < -0.39 is 0 Å². The van der Waals surface area contributed by atoms with Gasteiger partial charge in [0.25, 0.3) is 0 Å². The molecule has 0 saturated carbocycles. The van der Waals surface area contributed by atoms with Crippen LogP contribution in [0.3, 0.4) is 0 Å². The fourth-order valence-electron chi connectivity index (χ4n) is 1.61. The Balaban J connectivity index is 3.09. The highest BCUT2D eigenvalue weighted by Gasteiger charge is 2.02. The summed E-state index contributed by atoms with van der Waals surface area (Å²) in [6.07, 6.45) is 11.9. The summed E-state index contributed by atoms with van der Waals surface area (Å²) in [6.45, 7) is 4.23. The van der Waals surface area contributed by atoms with Crippen LogP contribution in [0.25, 0.3) is 5.57 Å². The van der Waals surface area contributed by atoms with Gasteiger partial charge in [0.1, 0.15) is 0 Å². The van der Waals surface area contributed by atoms with E-state index in [1.165, 1.54) is 0 Å². The predicted molar refractivity (Wildman–Crippen MR) is 84.6 cm³/mol. The molecule has 3 nitrogen and oxygen atoms in total. The first-order valence-corrected chi connectivity index (χ1v) is 6.79. The zero-order valence-electron chi connectivity index (χ0n) is 11.4. The molecule has 0 spiro atoms. The first-order valence-electron chi connectivity index (χ1n) is 6.34. The quantitative estimate of drug-likeness (QED) is 0.322. The van der Waals surface area contributed by atoms with E-state index in [0.29, 0.717) is 0 Å². The number of hydrogen-bond donors (Lipinski definition) is 3. The highest BCUT2D eigenvalue weighted by atomic mass is 32.1. The van der Waals surface area contributed by atoms with Crippen LogP contribution in [0.2, 0.25) is 0 Å². The normalized spacial score (nSPS) is 13.1. The van der Waals surface area contributed by atoms with Gasteiger partial charge in [0.05, 0.1) is 5.69 Å². The van der Waals surface area contributed by atoms with E-state index in [4.69, 9.17) is 5.84 Å². The maximum atomic E-state index is 5.29. The van der Waals surface area contributed by atoms with Gasteiger partial charge in [-0.25, -0.2) is 0 Å². The molecule has 0 bridgehead atoms. The number of thiol groups is 1. The number of aromatic nitrogens is 1. The van der Waals surface area contributed by atoms with E-state index in [-0.39, 0.29) is 0 Å². The SMILES string of the molecule is CCC/C=C/C(C)=C(/C=C\NN)c1ccc(S)cn1. The summed E-state index contributed by atoms with van der Waals surface area (Å²) in [5, 5.41) is 0. The van der Waals surface area contributed by atoms with Gasteiger partial charge in [-0.1, -0.05) is 25.5 Å². The summed E-state index contributed by atoms with van der Waals surface area (Å²) in [6, 6.07) is 3.88. The van der Waals surface area contributed by atoms with E-state index >= 15 is 0 Å². The second-order valence-electron chi connectivity index (χ2n) is 4.19. The van der Waals surface area contributed by atoms with Crippen LogP contribution in [0.15, 0.2) is 53.2 Å². The lowest BCUT2D eigenvalue weighted by atomic mass is 10.0. The minimum Gasteiger partial charge on any atom is -0.331 e. The fourth-order valence-corrected chi connectivity index (χ4v) is 1.74. The zero-order chi connectivity index (χ0) is 14.1. The Kier molecular flexibility index (Phi) is 7.00. The lowest BCUT2D eigenvalue weighted by Gasteiger charge is -2.06. The number of hydrogen-bond acceptors (Lipinski definition) is 4. The molecule has 1 aromatic rings. The molecule has 0 aliphatic carbocycles. The highest BCUT2D eigenvalue weighted by molar-refractivity contribution is 7.80. The smallest absolute Gasteiger partial charge is 0.0706 e. The summed E-state index contributed by atoms with van der Waals surface area (Å²) in [5.74, 6) is 5.29. The number of nitrogens with one attached hydrogen (secondary N) is 1. The first kappa shape index (κ1) is 15.5. The van der Waals surface area contributed by atoms with Gasteiger partial charge < -0.3 is 5.43 Å². The molecule has 0 radical (unpaired) electrons. The average Bonchev–Trinajstić information content (AvgIpc) is 2.41. The van der Waals surface area contributed by atoms with Crippen LogP contribution in [0.5, 0.6) is 0 Å². The van der Waals surface area contributed by atoms with Gasteiger partial charge in [-0.2, -0.15) is 0 Å². The van der Waals surface area contributed by atoms with E-state index in [0.717, 1.165) is 34.6 Å². The number of hydrazine groups is 1. The molecule has 0 saturated heterocycles. The predicted octanol–water partition coefficient (Wildman–Crippen LogP) is 3.48. The van der Waals surface area contributed by atoms with Crippen molar-refractivity contribution in [3.05, 3.63) is 54.0 Å². The van der Waals surface area contributed by atoms with Crippen LogP contribution in [-0.2, 0) is 0 Å². The lowest BCUT2D eigenvalue weighted by molar-refractivity contribution is 0.957. The first-order chi connectivity index (χ1) is 9.19. The van der Waals surface area contributed by atoms with Gasteiger partial charge in [-0.15, -0.1) is 12.6 Å². The second kappa shape index (κ2) is 8.56. The monoisotopic (exact) mass is 275 g/mol. The van der Waals surface area contributed by atoms with Gasteiger partial charge >= 0.3 is 0 Å². The molecular formula is C15H21N3S. The fraction of sp³-hybridized carbons (Fsp3) is 0.267. The maximum absolute atomic E-state index is 5.29. The standard InChI is InChI=1S/C15H21N3S/c1-3-4-5-6-12(2)14(9-10-18-16)15-8-7-13(19)11-17-15/h5-11,18-19H,3-4,16H2,1-2H3/b6-5+,10-9-,14-12-. The Labute approximate surface area is 120 Å². The molecule has 0 atom stereocenters. The van der Waals surface area contributed by atoms with Crippen molar-refractivity contribution in [2.45, 2.75) is 31.6 Å². The molecule has 0 aromatic carbocycles. The van der Waals surface area contributed by atoms with E-state index in [1.807, 2.05) is 18.2 Å². The lowest BCUT2D eigenvalue weighted by Crippen LogP contribution is -2.13. The summed E-state index contributed by atoms with van der Waals surface area (Å²) < 4.78 is 0. The number of nitrogens with two attached hydrogens (primary N) is 1. The van der Waals surface area contributed by atoms with Crippen molar-refractivity contribution in [1.29, 1.82) is 0 Å². The van der Waals surface area contributed by atoms with E-state index in [9.17, 15) is 0 Å². The molecular weight excluding hydrogens is 254 g/mol. The Morgan fingerprint density at radius 2 is 2.21 bits per heavy atom. The maximum Gasteiger partial charge on any atom is 0.0706 e. The Morgan fingerprint density at radius 1 is 1.42 bits per heavy atom. The third kappa shape index (κ3) is 5.32. The topological polar surface area (TPSA) is 50.9 Å². The van der Waals surface area contributed by atoms with Gasteiger partial charge in [0.15, 0.2) is 0 Å². The molecule has 0 unspecified atom stereocenters. The Morgan fingerprint density at radius 3 is 2.79 bits per heavy atom. The van der Waals surface area contributed by atoms with Crippen LogP contribution in [0, 0.1) is 0 Å². The molecule has 1 rings (SSSR count). The van der Waals surface area contributed by atoms with Crippen molar-refractivity contribution in [1.82, 2.24) is 10.4 Å². The van der Waals surface area contributed by atoms with Gasteiger partial charge in [0.2, 0.25) is 0 Å². The number of rotatable bonds is 6. The molecule has 0 aliphatic heterocycles. The average molecular weight is 275 g/mol. The molecule has 1 heterocycles. The summed E-state index contributed by atoms with van der Waals surface area (Å²) in [7, 11) is 0. The number of pyridine rings is 1. The van der Waals surface area contributed by atoms with Gasteiger partial charge in [0, 0.05) is 22.9 Å². The Bertz CT molecular complexity index is 473. The molecule has 3 N–H and O–H groups in total. The zero-order valence-corrected chi connectivity index (χ0v) is 12.3.